The number of imidazole rings is 1. The maximum atomic E-state index is 5.08. The molecule has 0 bridgehead atoms. The van der Waals surface area contributed by atoms with Crippen molar-refractivity contribution in [2.24, 2.45) is 0 Å². The Morgan fingerprint density at radius 2 is 1.84 bits per heavy atom. The van der Waals surface area contributed by atoms with Gasteiger partial charge < -0.3 is 10.1 Å². The molecule has 32 heavy (non-hydrogen) atoms. The fourth-order valence-corrected chi connectivity index (χ4v) is 3.47. The van der Waals surface area contributed by atoms with Gasteiger partial charge in [-0.05, 0) is 36.2 Å². The van der Waals surface area contributed by atoms with Gasteiger partial charge in [-0.2, -0.15) is 4.98 Å². The highest BCUT2D eigenvalue weighted by Crippen LogP contribution is 2.24. The van der Waals surface area contributed by atoms with Gasteiger partial charge in [-0.3, -0.25) is 4.57 Å². The van der Waals surface area contributed by atoms with Gasteiger partial charge in [-0.15, -0.1) is 10.2 Å². The third-order valence-electron chi connectivity index (χ3n) is 5.12. The molecule has 0 aliphatic heterocycles. The molecule has 0 amide bonds. The Morgan fingerprint density at radius 3 is 2.66 bits per heavy atom. The Kier molecular flexibility index (Phi) is 5.40. The molecule has 158 valence electrons. The van der Waals surface area contributed by atoms with Crippen molar-refractivity contribution in [3.05, 3.63) is 84.8 Å². The van der Waals surface area contributed by atoms with Gasteiger partial charge in [0.15, 0.2) is 0 Å². The molecule has 1 N–H and O–H groups in total. The summed E-state index contributed by atoms with van der Waals surface area (Å²) in [5.41, 5.74) is 4.76. The maximum Gasteiger partial charge on any atom is 0.233 e. The summed E-state index contributed by atoms with van der Waals surface area (Å²) in [5.74, 6) is 1.82. The van der Waals surface area contributed by atoms with Crippen LogP contribution in [0.1, 0.15) is 5.56 Å². The average molecular weight is 423 g/mol. The number of aromatic nitrogens is 6. The predicted octanol–water partition coefficient (Wildman–Crippen LogP) is 3.94. The molecule has 3 aromatic heterocycles. The Labute approximate surface area is 185 Å². The number of anilines is 1. The summed E-state index contributed by atoms with van der Waals surface area (Å²) in [6.45, 7) is 0.754. The number of ether oxygens (including phenoxy) is 1. The summed E-state index contributed by atoms with van der Waals surface area (Å²) in [5, 5.41) is 11.6. The van der Waals surface area contributed by atoms with E-state index in [2.05, 4.69) is 42.6 Å². The van der Waals surface area contributed by atoms with Crippen LogP contribution < -0.4 is 10.1 Å². The van der Waals surface area contributed by atoms with Crippen LogP contribution in [0.4, 0.5) is 5.95 Å². The topological polar surface area (TPSA) is 90.6 Å². The lowest BCUT2D eigenvalue weighted by molar-refractivity contribution is 0.392. The first-order valence-corrected chi connectivity index (χ1v) is 10.3. The predicted molar refractivity (Wildman–Crippen MR) is 123 cm³/mol. The summed E-state index contributed by atoms with van der Waals surface area (Å²) in [4.78, 5) is 13.6. The first kappa shape index (κ1) is 19.6. The molecule has 0 saturated heterocycles. The largest absolute Gasteiger partial charge is 0.480 e. The molecule has 0 aliphatic rings. The molecule has 0 spiro atoms. The first-order chi connectivity index (χ1) is 15.8. The molecule has 0 saturated carbocycles. The Bertz CT molecular complexity index is 1330. The van der Waals surface area contributed by atoms with E-state index in [9.17, 15) is 0 Å². The van der Waals surface area contributed by atoms with Crippen molar-refractivity contribution in [2.45, 2.75) is 6.42 Å². The Balaban J connectivity index is 1.35. The smallest absolute Gasteiger partial charge is 0.233 e. The summed E-state index contributed by atoms with van der Waals surface area (Å²) in [6.07, 6.45) is 4.42. The molecule has 8 heteroatoms. The van der Waals surface area contributed by atoms with E-state index in [1.54, 1.807) is 25.7 Å². The van der Waals surface area contributed by atoms with Gasteiger partial charge in [0.25, 0.3) is 0 Å². The zero-order chi connectivity index (χ0) is 21.8. The average Bonchev–Trinajstić information content (AvgIpc) is 3.28. The molecule has 0 atom stereocenters. The number of benzene rings is 2. The molecule has 0 radical (unpaired) electrons. The van der Waals surface area contributed by atoms with Gasteiger partial charge in [0, 0.05) is 24.4 Å². The zero-order valence-corrected chi connectivity index (χ0v) is 17.5. The summed E-state index contributed by atoms with van der Waals surface area (Å²) < 4.78 is 7.03. The normalized spacial score (nSPS) is 10.9. The van der Waals surface area contributed by atoms with Crippen molar-refractivity contribution in [3.8, 4) is 23.0 Å². The maximum absolute atomic E-state index is 5.08. The Morgan fingerprint density at radius 1 is 0.938 bits per heavy atom. The number of methoxy groups -OCH3 is 1. The van der Waals surface area contributed by atoms with E-state index in [0.29, 0.717) is 11.8 Å². The summed E-state index contributed by atoms with van der Waals surface area (Å²) in [6, 6.07) is 21.9. The van der Waals surface area contributed by atoms with Gasteiger partial charge in [-0.1, -0.05) is 36.4 Å². The first-order valence-electron chi connectivity index (χ1n) is 10.3. The van der Waals surface area contributed by atoms with Crippen LogP contribution in [0, 0.1) is 0 Å². The molecule has 5 rings (SSSR count). The summed E-state index contributed by atoms with van der Waals surface area (Å²) >= 11 is 0. The number of rotatable bonds is 7. The lowest BCUT2D eigenvalue weighted by Gasteiger charge is -2.08. The lowest BCUT2D eigenvalue weighted by atomic mass is 10.1. The van der Waals surface area contributed by atoms with Crippen molar-refractivity contribution < 1.29 is 4.74 Å². The van der Waals surface area contributed by atoms with Crippen molar-refractivity contribution in [3.63, 3.8) is 0 Å². The van der Waals surface area contributed by atoms with Crippen molar-refractivity contribution in [1.29, 1.82) is 0 Å². The SMILES string of the molecule is COc1ccc(-c2ccc3c(c2)ncn3-c2ccnc(NCCc3ccccc3)n2)nn1. The lowest BCUT2D eigenvalue weighted by Crippen LogP contribution is -2.09. The van der Waals surface area contributed by atoms with E-state index in [4.69, 9.17) is 4.74 Å². The number of nitrogens with one attached hydrogen (secondary N) is 1. The van der Waals surface area contributed by atoms with Gasteiger partial charge in [0.2, 0.25) is 11.8 Å². The zero-order valence-electron chi connectivity index (χ0n) is 17.5. The van der Waals surface area contributed by atoms with Gasteiger partial charge in [-0.25, -0.2) is 9.97 Å². The monoisotopic (exact) mass is 423 g/mol. The van der Waals surface area contributed by atoms with Crippen LogP contribution in [-0.2, 0) is 6.42 Å². The van der Waals surface area contributed by atoms with E-state index < -0.39 is 0 Å². The number of hydrogen-bond donors (Lipinski definition) is 1. The van der Waals surface area contributed by atoms with Crippen LogP contribution in [0.25, 0.3) is 28.1 Å². The number of fused-ring (bicyclic) bond motifs is 1. The molecule has 0 aliphatic carbocycles. The second kappa shape index (κ2) is 8.81. The molecule has 5 aromatic rings. The molecule has 0 unspecified atom stereocenters. The second-order valence-electron chi connectivity index (χ2n) is 7.18. The van der Waals surface area contributed by atoms with Crippen LogP contribution in [0.3, 0.4) is 0 Å². The molecular weight excluding hydrogens is 402 g/mol. The quantitative estimate of drug-likeness (QED) is 0.424. The summed E-state index contributed by atoms with van der Waals surface area (Å²) in [7, 11) is 1.57. The van der Waals surface area contributed by atoms with E-state index in [-0.39, 0.29) is 0 Å². The number of hydrogen-bond acceptors (Lipinski definition) is 7. The van der Waals surface area contributed by atoms with E-state index in [1.165, 1.54) is 5.56 Å². The van der Waals surface area contributed by atoms with E-state index in [0.717, 1.165) is 41.1 Å². The highest BCUT2D eigenvalue weighted by molar-refractivity contribution is 5.82. The number of nitrogens with zero attached hydrogens (tertiary/aromatic N) is 6. The van der Waals surface area contributed by atoms with Gasteiger partial charge >= 0.3 is 0 Å². The van der Waals surface area contributed by atoms with E-state index in [1.807, 2.05) is 53.1 Å². The second-order valence-corrected chi connectivity index (χ2v) is 7.18. The third kappa shape index (κ3) is 4.11. The van der Waals surface area contributed by atoms with Crippen molar-refractivity contribution in [2.75, 3.05) is 19.0 Å². The Hall–Kier alpha value is -4.33. The fraction of sp³-hybridized carbons (Fsp3) is 0.125. The van der Waals surface area contributed by atoms with E-state index >= 15 is 0 Å². The van der Waals surface area contributed by atoms with Crippen molar-refractivity contribution in [1.82, 2.24) is 29.7 Å². The van der Waals surface area contributed by atoms with Gasteiger partial charge in [0.1, 0.15) is 12.1 Å². The minimum atomic E-state index is 0.482. The van der Waals surface area contributed by atoms with Crippen LogP contribution in [-0.4, -0.2) is 43.4 Å². The highest BCUT2D eigenvalue weighted by atomic mass is 16.5. The van der Waals surface area contributed by atoms with Crippen LogP contribution in [0.15, 0.2) is 79.3 Å². The molecular formula is C24H21N7O. The molecule has 8 nitrogen and oxygen atoms in total. The van der Waals surface area contributed by atoms with Crippen molar-refractivity contribution >= 4 is 17.0 Å². The minimum absolute atomic E-state index is 0.482. The molecule has 2 aromatic carbocycles. The third-order valence-corrected chi connectivity index (χ3v) is 5.12. The van der Waals surface area contributed by atoms with Crippen LogP contribution >= 0.6 is 0 Å². The highest BCUT2D eigenvalue weighted by Gasteiger charge is 2.10. The minimum Gasteiger partial charge on any atom is -0.480 e. The van der Waals surface area contributed by atoms with Crippen LogP contribution in [0.2, 0.25) is 0 Å². The van der Waals surface area contributed by atoms with Gasteiger partial charge in [0.05, 0.1) is 23.8 Å². The standard InChI is InChI=1S/C24H21N7O/c1-32-23-10-8-19(29-30-23)18-7-9-21-20(15-18)27-16-31(21)22-12-14-26-24(28-22)25-13-11-17-5-3-2-4-6-17/h2-10,12,14-16H,11,13H2,1H3,(H,25,26,28). The molecule has 3 heterocycles. The van der Waals surface area contributed by atoms with Crippen LogP contribution in [0.5, 0.6) is 5.88 Å². The fourth-order valence-electron chi connectivity index (χ4n) is 3.47. The molecule has 0 fully saturated rings.